The molecular formula is C17H20Cl2N4O4. The molecule has 1 aliphatic rings. The molecule has 1 aromatic carbocycles. The molecule has 2 amide bonds. The zero-order chi connectivity index (χ0) is 19.8. The molecule has 0 saturated carbocycles. The maximum Gasteiger partial charge on any atom is 0.424 e. The van der Waals surface area contributed by atoms with Crippen molar-refractivity contribution in [2.75, 3.05) is 34.8 Å². The fourth-order valence-electron chi connectivity index (χ4n) is 2.49. The van der Waals surface area contributed by atoms with E-state index in [9.17, 15) is 9.59 Å². The van der Waals surface area contributed by atoms with E-state index in [1.54, 1.807) is 43.0 Å². The normalized spacial score (nSPS) is 15.9. The highest BCUT2D eigenvalue weighted by Gasteiger charge is 2.33. The standard InChI is InChI=1S/C17H20Cl2N4O4/c1-3-26-16(24)23(17(25)27-4-2)13-8-6-5-7-12(13)22-14(9-18)20-11-21-15(22)10-19/h5-8,11,14H,3-4,9-10H2,1-2H3. The first-order valence-electron chi connectivity index (χ1n) is 8.31. The van der Waals surface area contributed by atoms with Gasteiger partial charge in [0.15, 0.2) is 0 Å². The molecule has 27 heavy (non-hydrogen) atoms. The lowest BCUT2D eigenvalue weighted by Crippen LogP contribution is -2.46. The van der Waals surface area contributed by atoms with Crippen molar-refractivity contribution in [1.29, 1.82) is 0 Å². The molecule has 8 nitrogen and oxygen atoms in total. The number of amides is 2. The van der Waals surface area contributed by atoms with Gasteiger partial charge in [0.1, 0.15) is 18.3 Å². The number of hydrogen-bond acceptors (Lipinski definition) is 7. The quantitative estimate of drug-likeness (QED) is 0.659. The summed E-state index contributed by atoms with van der Waals surface area (Å²) in [5, 5.41) is 0. The minimum Gasteiger partial charge on any atom is -0.449 e. The average Bonchev–Trinajstić information content (AvgIpc) is 2.68. The Hall–Kier alpha value is -2.32. The number of rotatable bonds is 6. The smallest absolute Gasteiger partial charge is 0.424 e. The highest BCUT2D eigenvalue weighted by molar-refractivity contribution is 6.32. The van der Waals surface area contributed by atoms with Crippen molar-refractivity contribution >= 4 is 58.9 Å². The van der Waals surface area contributed by atoms with Gasteiger partial charge in [-0.15, -0.1) is 23.2 Å². The van der Waals surface area contributed by atoms with Crippen molar-refractivity contribution in [2.24, 2.45) is 9.98 Å². The number of imide groups is 1. The van der Waals surface area contributed by atoms with Crippen LogP contribution < -0.4 is 9.80 Å². The van der Waals surface area contributed by atoms with Crippen LogP contribution >= 0.6 is 23.2 Å². The van der Waals surface area contributed by atoms with Gasteiger partial charge in [-0.05, 0) is 26.0 Å². The maximum atomic E-state index is 12.5. The number of amidine groups is 1. The Morgan fingerprint density at radius 3 is 2.33 bits per heavy atom. The van der Waals surface area contributed by atoms with Crippen molar-refractivity contribution in [1.82, 2.24) is 0 Å². The summed E-state index contributed by atoms with van der Waals surface area (Å²) in [4.78, 5) is 35.9. The third kappa shape index (κ3) is 4.70. The van der Waals surface area contributed by atoms with Gasteiger partial charge < -0.3 is 14.4 Å². The summed E-state index contributed by atoms with van der Waals surface area (Å²) in [6.07, 6.45) is -0.810. The van der Waals surface area contributed by atoms with Crippen molar-refractivity contribution in [3.8, 4) is 0 Å². The van der Waals surface area contributed by atoms with Crippen molar-refractivity contribution in [3.05, 3.63) is 24.3 Å². The number of halogens is 2. The molecule has 1 atom stereocenters. The molecule has 0 spiro atoms. The summed E-state index contributed by atoms with van der Waals surface area (Å²) in [6, 6.07) is 6.75. The van der Waals surface area contributed by atoms with Crippen LogP contribution in [0.2, 0.25) is 0 Å². The van der Waals surface area contributed by atoms with Gasteiger partial charge in [-0.1, -0.05) is 12.1 Å². The van der Waals surface area contributed by atoms with Gasteiger partial charge >= 0.3 is 12.2 Å². The maximum absolute atomic E-state index is 12.5. The van der Waals surface area contributed by atoms with E-state index in [0.29, 0.717) is 11.5 Å². The van der Waals surface area contributed by atoms with E-state index in [4.69, 9.17) is 32.7 Å². The molecule has 0 N–H and O–H groups in total. The molecule has 0 radical (unpaired) electrons. The Morgan fingerprint density at radius 1 is 1.15 bits per heavy atom. The van der Waals surface area contributed by atoms with Crippen LogP contribution in [0.5, 0.6) is 0 Å². The van der Waals surface area contributed by atoms with E-state index in [2.05, 4.69) is 9.98 Å². The van der Waals surface area contributed by atoms with Gasteiger partial charge in [-0.2, -0.15) is 4.90 Å². The second-order valence-electron chi connectivity index (χ2n) is 5.17. The Labute approximate surface area is 167 Å². The predicted molar refractivity (Wildman–Crippen MR) is 107 cm³/mol. The molecule has 2 rings (SSSR count). The molecule has 146 valence electrons. The molecule has 1 heterocycles. The van der Waals surface area contributed by atoms with Crippen molar-refractivity contribution in [3.63, 3.8) is 0 Å². The lowest BCUT2D eigenvalue weighted by Gasteiger charge is -2.34. The number of carbonyl (C=O) groups excluding carboxylic acids is 2. The van der Waals surface area contributed by atoms with Crippen LogP contribution in [-0.4, -0.2) is 55.5 Å². The van der Waals surface area contributed by atoms with Crippen LogP contribution in [0.4, 0.5) is 21.0 Å². The summed E-state index contributed by atoms with van der Waals surface area (Å²) < 4.78 is 10.1. The third-order valence-electron chi connectivity index (χ3n) is 3.56. The monoisotopic (exact) mass is 414 g/mol. The zero-order valence-corrected chi connectivity index (χ0v) is 16.5. The first-order valence-corrected chi connectivity index (χ1v) is 9.38. The topological polar surface area (TPSA) is 83.8 Å². The fraction of sp³-hybridized carbons (Fsp3) is 0.412. The minimum atomic E-state index is -0.851. The SMILES string of the molecule is CCOC(=O)N(C(=O)OCC)c1ccccc1N1C(CCl)=NC=NC1CCl. The number of benzene rings is 1. The highest BCUT2D eigenvalue weighted by atomic mass is 35.5. The summed E-state index contributed by atoms with van der Waals surface area (Å²) in [7, 11) is 0. The van der Waals surface area contributed by atoms with E-state index < -0.39 is 18.4 Å². The van der Waals surface area contributed by atoms with Gasteiger partial charge in [0.2, 0.25) is 0 Å². The molecular weight excluding hydrogens is 395 g/mol. The molecule has 0 aliphatic carbocycles. The van der Waals surface area contributed by atoms with Crippen molar-refractivity contribution < 1.29 is 19.1 Å². The second kappa shape index (κ2) is 10.1. The van der Waals surface area contributed by atoms with Gasteiger partial charge in [0.05, 0.1) is 36.3 Å². The number of para-hydroxylation sites is 2. The fourth-order valence-corrected chi connectivity index (χ4v) is 2.90. The van der Waals surface area contributed by atoms with Gasteiger partial charge in [-0.3, -0.25) is 0 Å². The van der Waals surface area contributed by atoms with Crippen LogP contribution in [0.15, 0.2) is 34.3 Å². The molecule has 0 aromatic heterocycles. The van der Waals surface area contributed by atoms with Crippen LogP contribution in [0.3, 0.4) is 0 Å². The largest absolute Gasteiger partial charge is 0.449 e. The molecule has 1 aliphatic heterocycles. The minimum absolute atomic E-state index is 0.0898. The number of hydrogen-bond donors (Lipinski definition) is 0. The van der Waals surface area contributed by atoms with E-state index >= 15 is 0 Å². The number of aliphatic imine (C=N–C) groups is 2. The van der Waals surface area contributed by atoms with Crippen LogP contribution in [0.25, 0.3) is 0 Å². The molecule has 10 heteroatoms. The molecule has 1 aromatic rings. The number of ether oxygens (including phenoxy) is 2. The summed E-state index contributed by atoms with van der Waals surface area (Å²) in [5.41, 5.74) is 0.722. The van der Waals surface area contributed by atoms with E-state index in [-0.39, 0.29) is 30.7 Å². The van der Waals surface area contributed by atoms with Crippen LogP contribution in [-0.2, 0) is 9.47 Å². The number of carbonyl (C=O) groups is 2. The molecule has 0 saturated heterocycles. The molecule has 0 bridgehead atoms. The average molecular weight is 415 g/mol. The van der Waals surface area contributed by atoms with Crippen LogP contribution in [0, 0.1) is 0 Å². The van der Waals surface area contributed by atoms with E-state index in [1.807, 2.05) is 0 Å². The summed E-state index contributed by atoms with van der Waals surface area (Å²) >= 11 is 12.1. The lowest BCUT2D eigenvalue weighted by atomic mass is 10.2. The third-order valence-corrected chi connectivity index (χ3v) is 4.08. The van der Waals surface area contributed by atoms with Crippen molar-refractivity contribution in [2.45, 2.75) is 20.0 Å². The number of anilines is 2. The Bertz CT molecular complexity index is 723. The summed E-state index contributed by atoms with van der Waals surface area (Å²) in [6.45, 7) is 3.50. The first kappa shape index (κ1) is 21.0. The number of nitrogens with zero attached hydrogens (tertiary/aromatic N) is 4. The lowest BCUT2D eigenvalue weighted by molar-refractivity contribution is 0.140. The Kier molecular flexibility index (Phi) is 7.87. The Balaban J connectivity index is 2.56. The van der Waals surface area contributed by atoms with Crippen LogP contribution in [0.1, 0.15) is 13.8 Å². The second-order valence-corrected chi connectivity index (χ2v) is 5.75. The first-order chi connectivity index (χ1) is 13.1. The van der Waals surface area contributed by atoms with Gasteiger partial charge in [-0.25, -0.2) is 19.6 Å². The molecule has 0 fully saturated rings. The predicted octanol–water partition coefficient (Wildman–Crippen LogP) is 3.86. The molecule has 1 unspecified atom stereocenters. The Morgan fingerprint density at radius 2 is 1.78 bits per heavy atom. The van der Waals surface area contributed by atoms with Gasteiger partial charge in [0.25, 0.3) is 0 Å². The zero-order valence-electron chi connectivity index (χ0n) is 15.0. The van der Waals surface area contributed by atoms with E-state index in [1.165, 1.54) is 6.34 Å². The van der Waals surface area contributed by atoms with Gasteiger partial charge in [0, 0.05) is 0 Å². The summed E-state index contributed by atoms with van der Waals surface area (Å²) in [5.74, 6) is 0.726. The van der Waals surface area contributed by atoms with E-state index in [0.717, 1.165) is 4.90 Å². The highest BCUT2D eigenvalue weighted by Crippen LogP contribution is 2.33. The number of alkyl halides is 2.